The Morgan fingerprint density at radius 3 is 2.52 bits per heavy atom. The number of esters is 2. The highest BCUT2D eigenvalue weighted by molar-refractivity contribution is 5.99. The van der Waals surface area contributed by atoms with E-state index in [2.05, 4.69) is 11.1 Å². The van der Waals surface area contributed by atoms with E-state index in [4.69, 9.17) is 9.47 Å². The first-order valence-electron chi connectivity index (χ1n) is 9.76. The second-order valence-corrected chi connectivity index (χ2v) is 7.17. The second kappa shape index (κ2) is 8.51. The topological polar surface area (TPSA) is 88.7 Å². The Balaban J connectivity index is 1.69. The third kappa shape index (κ3) is 4.18. The van der Waals surface area contributed by atoms with Crippen LogP contribution in [0.15, 0.2) is 24.3 Å². The summed E-state index contributed by atoms with van der Waals surface area (Å²) in [5, 5.41) is 0. The van der Waals surface area contributed by atoms with E-state index in [9.17, 15) is 14.4 Å². The molecular formula is C22H26N2O5. The normalized spacial score (nSPS) is 14.1. The van der Waals surface area contributed by atoms with Gasteiger partial charge in [0, 0.05) is 18.8 Å². The standard InChI is InChI=1S/C22H26N2O5/c1-5-28-22(27)19-13(2)18(14(3)23-19)21(26)29-15(4)20(25)24-11-10-16-8-6-7-9-17(16)12-24/h6-9,15,23H,5,10-12H2,1-4H3. The number of aryl methyl sites for hydroxylation is 1. The summed E-state index contributed by atoms with van der Waals surface area (Å²) in [5.41, 5.74) is 3.80. The largest absolute Gasteiger partial charge is 0.461 e. The van der Waals surface area contributed by atoms with Crippen molar-refractivity contribution in [2.24, 2.45) is 0 Å². The van der Waals surface area contributed by atoms with Gasteiger partial charge in [-0.3, -0.25) is 4.79 Å². The summed E-state index contributed by atoms with van der Waals surface area (Å²) in [6.07, 6.45) is -0.144. The lowest BCUT2D eigenvalue weighted by Crippen LogP contribution is -2.42. The second-order valence-electron chi connectivity index (χ2n) is 7.17. The molecule has 1 atom stereocenters. The highest BCUT2D eigenvalue weighted by Crippen LogP contribution is 2.22. The number of hydrogen-bond donors (Lipinski definition) is 1. The Morgan fingerprint density at radius 1 is 1.14 bits per heavy atom. The molecule has 3 rings (SSSR count). The van der Waals surface area contributed by atoms with E-state index in [1.165, 1.54) is 5.56 Å². The Morgan fingerprint density at radius 2 is 1.83 bits per heavy atom. The molecule has 1 aliphatic heterocycles. The van der Waals surface area contributed by atoms with E-state index in [0.29, 0.717) is 24.3 Å². The lowest BCUT2D eigenvalue weighted by atomic mass is 9.99. The van der Waals surface area contributed by atoms with Gasteiger partial charge in [-0.15, -0.1) is 0 Å². The van der Waals surface area contributed by atoms with Crippen molar-refractivity contribution in [2.75, 3.05) is 13.2 Å². The molecule has 0 saturated carbocycles. The van der Waals surface area contributed by atoms with Gasteiger partial charge in [0.2, 0.25) is 0 Å². The Hall–Kier alpha value is -3.09. The van der Waals surface area contributed by atoms with Crippen LogP contribution in [0.25, 0.3) is 0 Å². The van der Waals surface area contributed by atoms with Gasteiger partial charge in [-0.25, -0.2) is 9.59 Å². The van der Waals surface area contributed by atoms with Crippen LogP contribution in [0.1, 0.15) is 57.1 Å². The zero-order valence-electron chi connectivity index (χ0n) is 17.2. The van der Waals surface area contributed by atoms with Crippen molar-refractivity contribution >= 4 is 17.8 Å². The van der Waals surface area contributed by atoms with Gasteiger partial charge in [0.05, 0.1) is 12.2 Å². The fourth-order valence-electron chi connectivity index (χ4n) is 3.67. The average molecular weight is 398 g/mol. The monoisotopic (exact) mass is 398 g/mol. The molecule has 0 spiro atoms. The third-order valence-corrected chi connectivity index (χ3v) is 5.20. The predicted octanol–water partition coefficient (Wildman–Crippen LogP) is 2.94. The number of benzene rings is 1. The van der Waals surface area contributed by atoms with Gasteiger partial charge in [0.1, 0.15) is 5.69 Å². The minimum Gasteiger partial charge on any atom is -0.461 e. The zero-order valence-corrected chi connectivity index (χ0v) is 17.2. The summed E-state index contributed by atoms with van der Waals surface area (Å²) >= 11 is 0. The van der Waals surface area contributed by atoms with Gasteiger partial charge in [-0.1, -0.05) is 24.3 Å². The summed E-state index contributed by atoms with van der Waals surface area (Å²) in [5.74, 6) is -1.39. The van der Waals surface area contributed by atoms with Gasteiger partial charge >= 0.3 is 11.9 Å². The van der Waals surface area contributed by atoms with E-state index < -0.39 is 18.0 Å². The van der Waals surface area contributed by atoms with Crippen molar-refractivity contribution in [1.82, 2.24) is 9.88 Å². The number of aromatic amines is 1. The Kier molecular flexibility index (Phi) is 6.06. The number of aromatic nitrogens is 1. The zero-order chi connectivity index (χ0) is 21.1. The molecule has 2 aromatic rings. The summed E-state index contributed by atoms with van der Waals surface area (Å²) in [6.45, 7) is 7.95. The van der Waals surface area contributed by atoms with Crippen LogP contribution in [-0.4, -0.2) is 47.0 Å². The minimum atomic E-state index is -0.924. The van der Waals surface area contributed by atoms with E-state index in [-0.39, 0.29) is 23.8 Å². The number of rotatable bonds is 5. The van der Waals surface area contributed by atoms with Crippen LogP contribution < -0.4 is 0 Å². The maximum Gasteiger partial charge on any atom is 0.355 e. The lowest BCUT2D eigenvalue weighted by Gasteiger charge is -2.30. The van der Waals surface area contributed by atoms with E-state index in [1.54, 1.807) is 32.6 Å². The van der Waals surface area contributed by atoms with Crippen LogP contribution in [0, 0.1) is 13.8 Å². The number of hydrogen-bond acceptors (Lipinski definition) is 5. The highest BCUT2D eigenvalue weighted by atomic mass is 16.5. The maximum atomic E-state index is 12.8. The molecule has 7 heteroatoms. The molecule has 0 saturated heterocycles. The summed E-state index contributed by atoms with van der Waals surface area (Å²) in [6, 6.07) is 8.02. The molecule has 0 fully saturated rings. The molecule has 29 heavy (non-hydrogen) atoms. The summed E-state index contributed by atoms with van der Waals surface area (Å²) < 4.78 is 10.5. The average Bonchev–Trinajstić information content (AvgIpc) is 3.01. The van der Waals surface area contributed by atoms with E-state index in [1.807, 2.05) is 18.2 Å². The summed E-state index contributed by atoms with van der Waals surface area (Å²) in [7, 11) is 0. The number of nitrogens with one attached hydrogen (secondary N) is 1. The number of carbonyl (C=O) groups is 3. The minimum absolute atomic E-state index is 0.225. The van der Waals surface area contributed by atoms with Crippen LogP contribution in [0.2, 0.25) is 0 Å². The predicted molar refractivity (Wildman–Crippen MR) is 107 cm³/mol. The van der Waals surface area contributed by atoms with Gasteiger partial charge in [0.15, 0.2) is 6.10 Å². The molecule has 7 nitrogen and oxygen atoms in total. The first kappa shape index (κ1) is 20.6. The molecule has 154 valence electrons. The molecule has 0 radical (unpaired) electrons. The maximum absolute atomic E-state index is 12.8. The highest BCUT2D eigenvalue weighted by Gasteiger charge is 2.30. The number of nitrogens with zero attached hydrogens (tertiary/aromatic N) is 1. The molecule has 0 aliphatic carbocycles. The van der Waals surface area contributed by atoms with Crippen molar-refractivity contribution in [3.05, 3.63) is 57.9 Å². The fourth-order valence-corrected chi connectivity index (χ4v) is 3.67. The van der Waals surface area contributed by atoms with E-state index >= 15 is 0 Å². The van der Waals surface area contributed by atoms with Crippen LogP contribution in [-0.2, 0) is 27.2 Å². The number of fused-ring (bicyclic) bond motifs is 1. The number of carbonyl (C=O) groups excluding carboxylic acids is 3. The summed E-state index contributed by atoms with van der Waals surface area (Å²) in [4.78, 5) is 42.1. The molecule has 1 amide bonds. The lowest BCUT2D eigenvalue weighted by molar-refractivity contribution is -0.140. The Labute approximate surface area is 170 Å². The molecule has 1 aliphatic rings. The SMILES string of the molecule is CCOC(=O)c1[nH]c(C)c(C(=O)OC(C)C(=O)N2CCc3ccccc3C2)c1C. The molecule has 0 bridgehead atoms. The number of H-pyrrole nitrogens is 1. The first-order valence-corrected chi connectivity index (χ1v) is 9.76. The van der Waals surface area contributed by atoms with E-state index in [0.717, 1.165) is 12.0 Å². The molecule has 1 aromatic heterocycles. The van der Waals surface area contributed by atoms with Crippen molar-refractivity contribution < 1.29 is 23.9 Å². The Bertz CT molecular complexity index is 947. The van der Waals surface area contributed by atoms with Crippen LogP contribution in [0.4, 0.5) is 0 Å². The van der Waals surface area contributed by atoms with Gasteiger partial charge in [-0.2, -0.15) is 0 Å². The molecule has 1 aromatic carbocycles. The van der Waals surface area contributed by atoms with Gasteiger partial charge in [-0.05, 0) is 50.8 Å². The van der Waals surface area contributed by atoms with Gasteiger partial charge in [0.25, 0.3) is 5.91 Å². The smallest absolute Gasteiger partial charge is 0.355 e. The van der Waals surface area contributed by atoms with Crippen LogP contribution >= 0.6 is 0 Å². The molecule has 1 unspecified atom stereocenters. The number of amides is 1. The van der Waals surface area contributed by atoms with Crippen molar-refractivity contribution in [1.29, 1.82) is 0 Å². The van der Waals surface area contributed by atoms with Crippen molar-refractivity contribution in [3.8, 4) is 0 Å². The molecule has 1 N–H and O–H groups in total. The van der Waals surface area contributed by atoms with Crippen LogP contribution in [0.5, 0.6) is 0 Å². The van der Waals surface area contributed by atoms with Crippen LogP contribution in [0.3, 0.4) is 0 Å². The van der Waals surface area contributed by atoms with Crippen molar-refractivity contribution in [3.63, 3.8) is 0 Å². The fraction of sp³-hybridized carbons (Fsp3) is 0.409. The molecular weight excluding hydrogens is 372 g/mol. The molecule has 2 heterocycles. The van der Waals surface area contributed by atoms with Gasteiger partial charge < -0.3 is 19.4 Å². The quantitative estimate of drug-likeness (QED) is 0.783. The number of ether oxygens (including phenoxy) is 2. The first-order chi connectivity index (χ1) is 13.8. The third-order valence-electron chi connectivity index (χ3n) is 5.20. The van der Waals surface area contributed by atoms with Crippen molar-refractivity contribution in [2.45, 2.75) is 46.8 Å².